The normalized spacial score (nSPS) is 15.5. The van der Waals surface area contributed by atoms with E-state index in [1.807, 2.05) is 12.3 Å². The number of aromatic nitrogens is 1. The molecule has 0 N–H and O–H groups in total. The van der Waals surface area contributed by atoms with Gasteiger partial charge in [-0.15, -0.1) is 0 Å². The molecule has 9 aromatic rings. The van der Waals surface area contributed by atoms with Crippen molar-refractivity contribution in [1.29, 1.82) is 0 Å². The molecule has 0 radical (unpaired) electrons. The number of hydrogen-bond acceptors (Lipinski definition) is 5. The van der Waals surface area contributed by atoms with Gasteiger partial charge in [0.25, 0.3) is 0 Å². The number of hydrogen-bond donors (Lipinski definition) is 0. The van der Waals surface area contributed by atoms with Crippen molar-refractivity contribution < 1.29 is 0 Å². The second-order valence-corrected chi connectivity index (χ2v) is 16.4. The van der Waals surface area contributed by atoms with Crippen molar-refractivity contribution in [3.63, 3.8) is 0 Å². The first kappa shape index (κ1) is 36.7. The number of anilines is 3. The third-order valence-electron chi connectivity index (χ3n) is 12.9. The predicted molar refractivity (Wildman–Crippen MR) is 257 cm³/mol. The van der Waals surface area contributed by atoms with Gasteiger partial charge < -0.3 is 9.80 Å². The highest BCUT2D eigenvalue weighted by atomic mass is 15.3. The molecule has 3 heterocycles. The van der Waals surface area contributed by atoms with Crippen molar-refractivity contribution >= 4 is 28.7 Å². The SMILES string of the molecule is CN1C(c2cccc(-c3ccc4c(c3)C3(c5ccccc5N(c5ccccc5)c5ccccc53)c3ncccc3-4)c2)=NC(c2ccc(-c3ccccc3)cc2)=NC1c1ccccc1. The molecule has 298 valence electrons. The summed E-state index contributed by atoms with van der Waals surface area (Å²) >= 11 is 0. The lowest BCUT2D eigenvalue weighted by Crippen LogP contribution is -2.36. The molecule has 0 saturated carbocycles. The van der Waals surface area contributed by atoms with Gasteiger partial charge in [0.15, 0.2) is 5.84 Å². The molecule has 3 aliphatic rings. The topological polar surface area (TPSA) is 44.1 Å². The molecule has 1 aromatic heterocycles. The van der Waals surface area contributed by atoms with Crippen molar-refractivity contribution in [2.24, 2.45) is 9.98 Å². The molecule has 1 aliphatic carbocycles. The van der Waals surface area contributed by atoms with Crippen molar-refractivity contribution in [3.8, 4) is 33.4 Å². The molecule has 5 heteroatoms. The van der Waals surface area contributed by atoms with Crippen molar-refractivity contribution in [1.82, 2.24) is 9.88 Å². The summed E-state index contributed by atoms with van der Waals surface area (Å²) in [5, 5.41) is 0. The highest BCUT2D eigenvalue weighted by molar-refractivity contribution is 6.13. The highest BCUT2D eigenvalue weighted by Crippen LogP contribution is 2.63. The van der Waals surface area contributed by atoms with Crippen LogP contribution in [-0.2, 0) is 5.41 Å². The zero-order valence-corrected chi connectivity index (χ0v) is 34.7. The number of benzene rings is 8. The van der Waals surface area contributed by atoms with Crippen LogP contribution in [0.3, 0.4) is 0 Å². The summed E-state index contributed by atoms with van der Waals surface area (Å²) in [4.78, 5) is 20.5. The Morgan fingerprint density at radius 2 is 1.02 bits per heavy atom. The summed E-state index contributed by atoms with van der Waals surface area (Å²) in [6, 6.07) is 78.1. The van der Waals surface area contributed by atoms with E-state index in [9.17, 15) is 0 Å². The van der Waals surface area contributed by atoms with Crippen LogP contribution in [0.5, 0.6) is 0 Å². The summed E-state index contributed by atoms with van der Waals surface area (Å²) in [7, 11) is 2.10. The minimum absolute atomic E-state index is 0.251. The first-order chi connectivity index (χ1) is 31.2. The van der Waals surface area contributed by atoms with Gasteiger partial charge in [0.2, 0.25) is 0 Å². The van der Waals surface area contributed by atoms with E-state index in [0.29, 0.717) is 5.84 Å². The zero-order valence-electron chi connectivity index (χ0n) is 34.7. The van der Waals surface area contributed by atoms with Crippen molar-refractivity contribution in [2.75, 3.05) is 11.9 Å². The number of rotatable bonds is 6. The van der Waals surface area contributed by atoms with E-state index in [2.05, 4.69) is 229 Å². The van der Waals surface area contributed by atoms with Crippen LogP contribution in [0, 0.1) is 0 Å². The monoisotopic (exact) mass is 807 g/mol. The Morgan fingerprint density at radius 1 is 0.444 bits per heavy atom. The average Bonchev–Trinajstić information content (AvgIpc) is 3.65. The largest absolute Gasteiger partial charge is 0.333 e. The molecule has 5 nitrogen and oxygen atoms in total. The van der Waals surface area contributed by atoms with Gasteiger partial charge in [0, 0.05) is 35.6 Å². The van der Waals surface area contributed by atoms with Gasteiger partial charge in [-0.1, -0.05) is 176 Å². The van der Waals surface area contributed by atoms with Crippen LogP contribution in [0.2, 0.25) is 0 Å². The number of pyridine rings is 1. The summed E-state index contributed by atoms with van der Waals surface area (Å²) < 4.78 is 0. The van der Waals surface area contributed by atoms with E-state index in [4.69, 9.17) is 15.0 Å². The third kappa shape index (κ3) is 5.81. The Balaban J connectivity index is 0.998. The maximum atomic E-state index is 5.33. The predicted octanol–water partition coefficient (Wildman–Crippen LogP) is 13.4. The number of para-hydroxylation sites is 3. The molecular formula is C58H41N5. The second kappa shape index (κ2) is 14.8. The molecular weight excluding hydrogens is 767 g/mol. The fourth-order valence-corrected chi connectivity index (χ4v) is 10.1. The molecule has 1 unspecified atom stereocenters. The lowest BCUT2D eigenvalue weighted by molar-refractivity contribution is 0.383. The number of fused-ring (bicyclic) bond motifs is 9. The summed E-state index contributed by atoms with van der Waals surface area (Å²) in [6.07, 6.45) is 1.70. The molecule has 1 spiro atoms. The Bertz CT molecular complexity index is 3200. The smallest absolute Gasteiger partial charge is 0.159 e. The van der Waals surface area contributed by atoms with Crippen LogP contribution in [0.1, 0.15) is 45.2 Å². The molecule has 0 amide bonds. The van der Waals surface area contributed by atoms with E-state index in [1.165, 1.54) is 33.4 Å². The summed E-state index contributed by atoms with van der Waals surface area (Å²) in [5.74, 6) is 1.58. The lowest BCUT2D eigenvalue weighted by atomic mass is 9.66. The van der Waals surface area contributed by atoms with Gasteiger partial charge in [0.1, 0.15) is 12.0 Å². The second-order valence-electron chi connectivity index (χ2n) is 16.4. The minimum Gasteiger partial charge on any atom is -0.333 e. The molecule has 1 atom stereocenters. The number of amidine groups is 2. The van der Waals surface area contributed by atoms with E-state index in [1.54, 1.807) is 0 Å². The molecule has 63 heavy (non-hydrogen) atoms. The number of aliphatic imine (C=N–C) groups is 2. The Morgan fingerprint density at radius 3 is 1.75 bits per heavy atom. The van der Waals surface area contributed by atoms with E-state index >= 15 is 0 Å². The molecule has 0 fully saturated rings. The Kier molecular flexibility index (Phi) is 8.61. The minimum atomic E-state index is -0.643. The standard InChI is InChI=1S/C58H41N5/c1-62-56(42-19-7-3-8-20-42)60-55(41-32-30-40(31-33-41)39-17-5-2-6-18-39)61-57(62)45-22-15-21-43(37-45)44-34-35-47-48-25-16-36-59-54(48)58(51(47)38-44)49-26-11-13-28-52(49)63(46-23-9-4-10-24-46)53-29-14-12-27-50(53)58/h2-38,56H,1H3. The molecule has 2 aliphatic heterocycles. The van der Waals surface area contributed by atoms with Crippen LogP contribution in [0.15, 0.2) is 235 Å². The van der Waals surface area contributed by atoms with Crippen LogP contribution < -0.4 is 4.90 Å². The van der Waals surface area contributed by atoms with E-state index in [0.717, 1.165) is 62.0 Å². The van der Waals surface area contributed by atoms with Crippen LogP contribution in [0.25, 0.3) is 33.4 Å². The first-order valence-electron chi connectivity index (χ1n) is 21.5. The van der Waals surface area contributed by atoms with Crippen molar-refractivity contribution in [3.05, 3.63) is 264 Å². The molecule has 8 aromatic carbocycles. The fourth-order valence-electron chi connectivity index (χ4n) is 10.1. The van der Waals surface area contributed by atoms with Crippen LogP contribution in [-0.4, -0.2) is 28.6 Å². The Hall–Kier alpha value is -8.15. The van der Waals surface area contributed by atoms with Gasteiger partial charge in [-0.3, -0.25) is 4.98 Å². The molecule has 0 bridgehead atoms. The van der Waals surface area contributed by atoms with Crippen molar-refractivity contribution in [2.45, 2.75) is 11.6 Å². The van der Waals surface area contributed by atoms with Gasteiger partial charge in [-0.2, -0.15) is 0 Å². The molecule has 12 rings (SSSR count). The average molecular weight is 808 g/mol. The van der Waals surface area contributed by atoms with E-state index < -0.39 is 5.41 Å². The van der Waals surface area contributed by atoms with Gasteiger partial charge in [-0.25, -0.2) is 9.98 Å². The number of nitrogens with zero attached hydrogens (tertiary/aromatic N) is 5. The van der Waals surface area contributed by atoms with Gasteiger partial charge in [-0.05, 0) is 92.5 Å². The maximum absolute atomic E-state index is 5.33. The summed E-state index contributed by atoms with van der Waals surface area (Å²) in [6.45, 7) is 0. The Labute approximate surface area is 367 Å². The lowest BCUT2D eigenvalue weighted by Gasteiger charge is -2.44. The zero-order chi connectivity index (χ0) is 41.9. The van der Waals surface area contributed by atoms with Crippen LogP contribution in [0.4, 0.5) is 17.1 Å². The van der Waals surface area contributed by atoms with Gasteiger partial charge >= 0.3 is 0 Å². The first-order valence-corrected chi connectivity index (χ1v) is 21.5. The maximum Gasteiger partial charge on any atom is 0.159 e. The fraction of sp³-hybridized carbons (Fsp3) is 0.0517. The third-order valence-corrected chi connectivity index (χ3v) is 12.9. The quantitative estimate of drug-likeness (QED) is 0.168. The van der Waals surface area contributed by atoms with Gasteiger partial charge in [0.05, 0.1) is 22.5 Å². The summed E-state index contributed by atoms with van der Waals surface area (Å²) in [5.41, 5.74) is 17.6. The van der Waals surface area contributed by atoms with E-state index in [-0.39, 0.29) is 6.17 Å². The highest BCUT2D eigenvalue weighted by Gasteiger charge is 2.53. The molecule has 0 saturated heterocycles. The van der Waals surface area contributed by atoms with Crippen LogP contribution >= 0.6 is 0 Å².